The van der Waals surface area contributed by atoms with Crippen LogP contribution in [0.3, 0.4) is 0 Å². The third-order valence-electron chi connectivity index (χ3n) is 1.67. The summed E-state index contributed by atoms with van der Waals surface area (Å²) in [4.78, 5) is 0. The van der Waals surface area contributed by atoms with E-state index in [9.17, 15) is 0 Å². The highest BCUT2D eigenvalue weighted by Gasteiger charge is 2.02. The Balaban J connectivity index is 2.82. The van der Waals surface area contributed by atoms with E-state index in [2.05, 4.69) is 27.3 Å². The Morgan fingerprint density at radius 1 is 1.60 bits per heavy atom. The summed E-state index contributed by atoms with van der Waals surface area (Å²) in [5, 5.41) is 12.4. The van der Waals surface area contributed by atoms with Crippen molar-refractivity contribution in [3.63, 3.8) is 0 Å². The molecule has 0 atom stereocenters. The van der Waals surface area contributed by atoms with E-state index in [0.29, 0.717) is 17.1 Å². The van der Waals surface area contributed by atoms with Gasteiger partial charge in [0.05, 0.1) is 17.8 Å². The van der Waals surface area contributed by atoms with Gasteiger partial charge in [-0.15, -0.1) is 0 Å². The third kappa shape index (κ3) is 3.75. The van der Waals surface area contributed by atoms with Crippen molar-refractivity contribution in [2.75, 3.05) is 11.9 Å². The minimum absolute atomic E-state index is 0.404. The summed E-state index contributed by atoms with van der Waals surface area (Å²) in [7, 11) is 0. The normalized spacial score (nSPS) is 10.9. The number of rotatable bonds is 3. The zero-order valence-corrected chi connectivity index (χ0v) is 10.7. The van der Waals surface area contributed by atoms with Gasteiger partial charge in [0, 0.05) is 15.0 Å². The number of nitrogens with one attached hydrogen (secondary N) is 1. The Labute approximate surface area is 107 Å². The monoisotopic (exact) mass is 304 g/mol. The van der Waals surface area contributed by atoms with Crippen LogP contribution < -0.4 is 5.32 Å². The molecule has 0 aliphatic carbocycles. The topological polar surface area (TPSA) is 35.8 Å². The molecule has 5 heteroatoms. The zero-order chi connectivity index (χ0) is 11.3. The first-order valence-corrected chi connectivity index (χ1v) is 5.66. The van der Waals surface area contributed by atoms with Crippen LogP contribution in [0.1, 0.15) is 5.56 Å². The van der Waals surface area contributed by atoms with Gasteiger partial charge in [-0.05, 0) is 18.2 Å². The summed E-state index contributed by atoms with van der Waals surface area (Å²) in [5.74, 6) is 0. The molecule has 0 saturated carbocycles. The number of hydrogen-bond acceptors (Lipinski definition) is 2. The van der Waals surface area contributed by atoms with Gasteiger partial charge in [0.25, 0.3) is 0 Å². The van der Waals surface area contributed by atoms with Crippen LogP contribution in [0.4, 0.5) is 5.69 Å². The quantitative estimate of drug-likeness (QED) is 0.914. The van der Waals surface area contributed by atoms with Crippen LogP contribution in [0, 0.1) is 11.3 Å². The summed E-state index contributed by atoms with van der Waals surface area (Å²) in [6.07, 6.45) is 0. The molecule has 0 fully saturated rings. The molecule has 15 heavy (non-hydrogen) atoms. The highest BCUT2D eigenvalue weighted by atomic mass is 79.9. The minimum Gasteiger partial charge on any atom is -0.379 e. The van der Waals surface area contributed by atoms with Crippen LogP contribution in [0.2, 0.25) is 0 Å². The molecule has 0 heterocycles. The lowest BCUT2D eigenvalue weighted by Gasteiger charge is -2.07. The number of nitrogens with zero attached hydrogens (tertiary/aromatic N) is 1. The summed E-state index contributed by atoms with van der Waals surface area (Å²) in [5.41, 5.74) is 2.58. The van der Waals surface area contributed by atoms with Gasteiger partial charge in [0.1, 0.15) is 6.07 Å². The van der Waals surface area contributed by atoms with Crippen molar-refractivity contribution in [2.24, 2.45) is 0 Å². The van der Waals surface area contributed by atoms with Crippen LogP contribution in [0.25, 0.3) is 0 Å². The molecule has 0 saturated heterocycles. The van der Waals surface area contributed by atoms with Crippen molar-refractivity contribution >= 4 is 44.8 Å². The molecule has 0 bridgehead atoms. The lowest BCUT2D eigenvalue weighted by Crippen LogP contribution is -2.02. The van der Waals surface area contributed by atoms with Crippen molar-refractivity contribution in [3.05, 3.63) is 38.8 Å². The Kier molecular flexibility index (Phi) is 4.97. The van der Waals surface area contributed by atoms with Crippen molar-refractivity contribution in [2.45, 2.75) is 0 Å². The summed E-state index contributed by atoms with van der Waals surface area (Å²) < 4.78 is 0.864. The maximum absolute atomic E-state index is 8.88. The lowest BCUT2D eigenvalue weighted by atomic mass is 10.2. The second-order valence-corrected chi connectivity index (χ2v) is 4.33. The Bertz CT molecular complexity index is 424. The predicted molar refractivity (Wildman–Crippen MR) is 67.1 cm³/mol. The fourth-order valence-electron chi connectivity index (χ4n) is 0.981. The molecule has 1 aromatic rings. The molecule has 2 nitrogen and oxygen atoms in total. The summed E-state index contributed by atoms with van der Waals surface area (Å²) in [6.45, 7) is 0.404. The van der Waals surface area contributed by atoms with Crippen molar-refractivity contribution in [1.29, 1.82) is 5.26 Å². The van der Waals surface area contributed by atoms with Gasteiger partial charge in [-0.2, -0.15) is 5.26 Å². The largest absolute Gasteiger partial charge is 0.379 e. The first kappa shape index (κ1) is 12.4. The zero-order valence-electron chi connectivity index (χ0n) is 7.60. The van der Waals surface area contributed by atoms with Gasteiger partial charge >= 0.3 is 0 Å². The molecule has 0 unspecified atom stereocenters. The van der Waals surface area contributed by atoms with Gasteiger partial charge in [-0.25, -0.2) is 0 Å². The van der Waals surface area contributed by atoms with Crippen LogP contribution in [-0.2, 0) is 0 Å². The van der Waals surface area contributed by atoms with Gasteiger partial charge in [0.2, 0.25) is 0 Å². The molecule has 0 radical (unpaired) electrons. The number of hydrogen-bond donors (Lipinski definition) is 1. The maximum Gasteiger partial charge on any atom is 0.101 e. The lowest BCUT2D eigenvalue weighted by molar-refractivity contribution is 1.30. The van der Waals surface area contributed by atoms with Crippen LogP contribution >= 0.6 is 39.1 Å². The van der Waals surface area contributed by atoms with Crippen LogP contribution in [0.15, 0.2) is 33.2 Å². The number of anilines is 1. The van der Waals surface area contributed by atoms with E-state index < -0.39 is 0 Å². The molecule has 78 valence electrons. The standard InChI is InChI=1S/C10H7BrCl2N2/c11-8-1-2-10(7(3-8)5-14)15-6-9(13)4-12/h1-4,15H,6H2/b9-4+. The van der Waals surface area contributed by atoms with Crippen molar-refractivity contribution in [3.8, 4) is 6.07 Å². The SMILES string of the molecule is N#Cc1cc(Br)ccc1NC/C(Cl)=C\Cl. The van der Waals surface area contributed by atoms with E-state index >= 15 is 0 Å². The van der Waals surface area contributed by atoms with Gasteiger partial charge in [0.15, 0.2) is 0 Å². The van der Waals surface area contributed by atoms with Gasteiger partial charge in [-0.1, -0.05) is 39.1 Å². The van der Waals surface area contributed by atoms with E-state index in [0.717, 1.165) is 10.2 Å². The predicted octanol–water partition coefficient (Wildman–Crippen LogP) is 4.05. The van der Waals surface area contributed by atoms with Crippen molar-refractivity contribution < 1.29 is 0 Å². The molecule has 0 spiro atoms. The molecular formula is C10H7BrCl2N2. The average Bonchev–Trinajstić information content (AvgIpc) is 2.26. The van der Waals surface area contributed by atoms with Crippen LogP contribution in [0.5, 0.6) is 0 Å². The summed E-state index contributed by atoms with van der Waals surface area (Å²) >= 11 is 14.4. The van der Waals surface area contributed by atoms with Crippen LogP contribution in [-0.4, -0.2) is 6.54 Å². The third-order valence-corrected chi connectivity index (χ3v) is 2.78. The Morgan fingerprint density at radius 3 is 2.93 bits per heavy atom. The first-order chi connectivity index (χ1) is 7.17. The molecule has 1 N–H and O–H groups in total. The highest BCUT2D eigenvalue weighted by molar-refractivity contribution is 9.10. The number of halogens is 3. The highest BCUT2D eigenvalue weighted by Crippen LogP contribution is 2.20. The number of nitriles is 1. The smallest absolute Gasteiger partial charge is 0.101 e. The van der Waals surface area contributed by atoms with E-state index in [1.807, 2.05) is 6.07 Å². The number of benzene rings is 1. The average molecular weight is 306 g/mol. The van der Waals surface area contributed by atoms with E-state index in [1.165, 1.54) is 5.54 Å². The fourth-order valence-corrected chi connectivity index (χ4v) is 1.49. The first-order valence-electron chi connectivity index (χ1n) is 4.05. The Morgan fingerprint density at radius 2 is 2.33 bits per heavy atom. The van der Waals surface area contributed by atoms with Gasteiger partial charge in [-0.3, -0.25) is 0 Å². The maximum atomic E-state index is 8.88. The molecule has 1 aromatic carbocycles. The molecule has 0 aliphatic rings. The second-order valence-electron chi connectivity index (χ2n) is 2.71. The van der Waals surface area contributed by atoms with Gasteiger partial charge < -0.3 is 5.32 Å². The molecule has 0 amide bonds. The molecule has 0 aromatic heterocycles. The molecule has 0 aliphatic heterocycles. The molecule has 1 rings (SSSR count). The van der Waals surface area contributed by atoms with E-state index in [-0.39, 0.29) is 0 Å². The van der Waals surface area contributed by atoms with E-state index in [4.69, 9.17) is 28.5 Å². The minimum atomic E-state index is 0.404. The Hall–Kier alpha value is -0.690. The van der Waals surface area contributed by atoms with E-state index in [1.54, 1.807) is 12.1 Å². The van der Waals surface area contributed by atoms with Crippen molar-refractivity contribution in [1.82, 2.24) is 0 Å². The summed E-state index contributed by atoms with van der Waals surface area (Å²) in [6, 6.07) is 7.48. The second kappa shape index (κ2) is 6.02. The molecular weight excluding hydrogens is 299 g/mol. The fraction of sp³-hybridized carbons (Fsp3) is 0.100.